The number of nitriles is 1. The number of nitro groups is 1. The number of amides is 1. The van der Waals surface area contributed by atoms with Crippen LogP contribution in [0.4, 0.5) is 23.0 Å². The number of carbonyl (C=O) groups is 1. The molecule has 37 heavy (non-hydrogen) atoms. The Hall–Kier alpha value is -4.66. The normalized spacial score (nSPS) is 11.3. The summed E-state index contributed by atoms with van der Waals surface area (Å²) in [5.41, 5.74) is 6.56. The molecule has 2 aromatic heterocycles. The zero-order valence-electron chi connectivity index (χ0n) is 19.0. The van der Waals surface area contributed by atoms with E-state index in [0.29, 0.717) is 27.4 Å². The number of benzene rings is 2. The molecule has 0 aliphatic carbocycles. The Kier molecular flexibility index (Phi) is 7.52. The van der Waals surface area contributed by atoms with Crippen molar-refractivity contribution in [2.75, 3.05) is 10.7 Å². The number of hydrogen-bond acceptors (Lipinski definition) is 9. The fraction of sp³-hybridized carbons (Fsp3) is 0.0833. The van der Waals surface area contributed by atoms with E-state index in [4.69, 9.17) is 27.6 Å². The van der Waals surface area contributed by atoms with Crippen LogP contribution in [0.1, 0.15) is 33.2 Å². The highest BCUT2D eigenvalue weighted by Crippen LogP contribution is 2.37. The number of halogens is 2. The third-order valence-corrected chi connectivity index (χ3v) is 5.86. The first kappa shape index (κ1) is 25.4. The van der Waals surface area contributed by atoms with Gasteiger partial charge in [-0.1, -0.05) is 41.4 Å². The van der Waals surface area contributed by atoms with Gasteiger partial charge in [-0.3, -0.25) is 25.8 Å². The van der Waals surface area contributed by atoms with Gasteiger partial charge in [-0.05, 0) is 53.9 Å². The summed E-state index contributed by atoms with van der Waals surface area (Å²) in [6.07, 6.45) is 2.41. The molecule has 4 rings (SSSR count). The number of aryl methyl sites for hydroxylation is 1. The SMILES string of the molecule is Cc1cc(C(C#N)c2ccc(Cl)cc2)c(Cl)cc1Nc1ncnc(NNC(=O)c2ccco2)c1[N+](=O)[O-]. The lowest BCUT2D eigenvalue weighted by molar-refractivity contribution is -0.383. The molecular weight excluding hydrogens is 521 g/mol. The Bertz CT molecular complexity index is 1500. The second-order valence-electron chi connectivity index (χ2n) is 7.66. The molecule has 0 spiro atoms. The van der Waals surface area contributed by atoms with E-state index in [1.165, 1.54) is 18.4 Å². The van der Waals surface area contributed by atoms with Crippen LogP contribution in [-0.2, 0) is 0 Å². The zero-order valence-corrected chi connectivity index (χ0v) is 20.5. The number of anilines is 3. The van der Waals surface area contributed by atoms with E-state index in [2.05, 4.69) is 32.2 Å². The van der Waals surface area contributed by atoms with Crippen LogP contribution in [0.25, 0.3) is 0 Å². The highest BCUT2D eigenvalue weighted by atomic mass is 35.5. The molecule has 0 saturated heterocycles. The molecule has 11 nitrogen and oxygen atoms in total. The summed E-state index contributed by atoms with van der Waals surface area (Å²) in [6.45, 7) is 1.76. The molecule has 1 atom stereocenters. The van der Waals surface area contributed by atoms with Gasteiger partial charge in [0.25, 0.3) is 0 Å². The summed E-state index contributed by atoms with van der Waals surface area (Å²) in [4.78, 5) is 31.1. The molecule has 3 N–H and O–H groups in total. The number of carbonyl (C=O) groups excluding carboxylic acids is 1. The van der Waals surface area contributed by atoms with Gasteiger partial charge in [0.15, 0.2) is 5.76 Å². The van der Waals surface area contributed by atoms with Gasteiger partial charge in [0.05, 0.1) is 23.2 Å². The van der Waals surface area contributed by atoms with Crippen LogP contribution in [0.5, 0.6) is 0 Å². The van der Waals surface area contributed by atoms with Crippen LogP contribution in [0.15, 0.2) is 65.5 Å². The summed E-state index contributed by atoms with van der Waals surface area (Å²) in [5, 5.41) is 25.4. The highest BCUT2D eigenvalue weighted by molar-refractivity contribution is 6.32. The molecule has 13 heteroatoms. The molecule has 0 radical (unpaired) electrons. The standard InChI is InChI=1S/C24H17Cl2N7O4/c1-13-9-16(17(11-27)14-4-6-15(25)7-5-14)18(26)10-19(13)30-22-21(33(35)36)23(29-12-28-22)31-32-24(34)20-3-2-8-37-20/h2-10,12,17H,1H3,(H,32,34)(H2,28,29,30,31). The number of nitrogens with zero attached hydrogens (tertiary/aromatic N) is 4. The fourth-order valence-corrected chi connectivity index (χ4v) is 3.88. The minimum Gasteiger partial charge on any atom is -0.459 e. The third kappa shape index (κ3) is 5.61. The first-order chi connectivity index (χ1) is 17.8. The molecule has 0 aliphatic heterocycles. The Labute approximate surface area is 220 Å². The highest BCUT2D eigenvalue weighted by Gasteiger charge is 2.25. The maximum atomic E-state index is 12.1. The molecule has 186 valence electrons. The average molecular weight is 538 g/mol. The van der Waals surface area contributed by atoms with Crippen LogP contribution in [-0.4, -0.2) is 20.8 Å². The number of rotatable bonds is 8. The smallest absolute Gasteiger partial charge is 0.355 e. The van der Waals surface area contributed by atoms with E-state index in [-0.39, 0.29) is 22.4 Å². The van der Waals surface area contributed by atoms with Crippen molar-refractivity contribution in [3.63, 3.8) is 0 Å². The second-order valence-corrected chi connectivity index (χ2v) is 8.50. The topological polar surface area (TPSA) is 159 Å². The summed E-state index contributed by atoms with van der Waals surface area (Å²) < 4.78 is 4.99. The van der Waals surface area contributed by atoms with Crippen LogP contribution in [0.2, 0.25) is 10.0 Å². The Morgan fingerprint density at radius 3 is 2.54 bits per heavy atom. The number of hydrazine groups is 1. The first-order valence-corrected chi connectivity index (χ1v) is 11.4. The lowest BCUT2D eigenvalue weighted by atomic mass is 9.91. The van der Waals surface area contributed by atoms with Crippen molar-refractivity contribution in [2.45, 2.75) is 12.8 Å². The molecular formula is C24H17Cl2N7O4. The maximum absolute atomic E-state index is 12.1. The number of furan rings is 1. The van der Waals surface area contributed by atoms with Crippen molar-refractivity contribution < 1.29 is 14.1 Å². The largest absolute Gasteiger partial charge is 0.459 e. The molecule has 2 heterocycles. The third-order valence-electron chi connectivity index (χ3n) is 5.28. The molecule has 1 amide bonds. The second kappa shape index (κ2) is 10.9. The lowest BCUT2D eigenvalue weighted by Crippen LogP contribution is -2.30. The summed E-state index contributed by atoms with van der Waals surface area (Å²) in [7, 11) is 0. The van der Waals surface area contributed by atoms with Crippen LogP contribution in [0, 0.1) is 28.4 Å². The van der Waals surface area contributed by atoms with E-state index in [9.17, 15) is 20.2 Å². The van der Waals surface area contributed by atoms with Crippen LogP contribution < -0.4 is 16.2 Å². The molecule has 4 aromatic rings. The summed E-state index contributed by atoms with van der Waals surface area (Å²) in [6, 6.07) is 15.4. The lowest BCUT2D eigenvalue weighted by Gasteiger charge is -2.17. The predicted octanol–water partition coefficient (Wildman–Crippen LogP) is 5.75. The van der Waals surface area contributed by atoms with E-state index >= 15 is 0 Å². The van der Waals surface area contributed by atoms with Gasteiger partial charge in [-0.25, -0.2) is 9.97 Å². The molecule has 0 saturated carbocycles. The monoisotopic (exact) mass is 537 g/mol. The van der Waals surface area contributed by atoms with E-state index < -0.39 is 22.4 Å². The minimum atomic E-state index is -0.693. The van der Waals surface area contributed by atoms with Crippen LogP contribution in [0.3, 0.4) is 0 Å². The summed E-state index contributed by atoms with van der Waals surface area (Å²) >= 11 is 12.5. The first-order valence-electron chi connectivity index (χ1n) is 10.6. The number of aromatic nitrogens is 2. The van der Waals surface area contributed by atoms with Gasteiger partial charge in [-0.15, -0.1) is 0 Å². The number of nitrogens with one attached hydrogen (secondary N) is 3. The van der Waals surface area contributed by atoms with Gasteiger partial charge in [0.2, 0.25) is 11.6 Å². The van der Waals surface area contributed by atoms with Crippen molar-refractivity contribution in [3.05, 3.63) is 104 Å². The fourth-order valence-electron chi connectivity index (χ4n) is 3.49. The summed E-state index contributed by atoms with van der Waals surface area (Å²) in [5.74, 6) is -1.70. The van der Waals surface area contributed by atoms with E-state index in [1.54, 1.807) is 43.3 Å². The van der Waals surface area contributed by atoms with E-state index in [1.807, 2.05) is 0 Å². The van der Waals surface area contributed by atoms with Gasteiger partial charge in [0, 0.05) is 15.7 Å². The van der Waals surface area contributed by atoms with Gasteiger partial charge >= 0.3 is 11.6 Å². The van der Waals surface area contributed by atoms with Crippen molar-refractivity contribution >= 4 is 52.1 Å². The Morgan fingerprint density at radius 2 is 1.89 bits per heavy atom. The van der Waals surface area contributed by atoms with Gasteiger partial charge < -0.3 is 9.73 Å². The van der Waals surface area contributed by atoms with Crippen molar-refractivity contribution in [1.82, 2.24) is 15.4 Å². The van der Waals surface area contributed by atoms with Gasteiger partial charge in [0.1, 0.15) is 6.33 Å². The van der Waals surface area contributed by atoms with Crippen molar-refractivity contribution in [2.24, 2.45) is 0 Å². The van der Waals surface area contributed by atoms with Gasteiger partial charge in [-0.2, -0.15) is 5.26 Å². The van der Waals surface area contributed by atoms with E-state index in [0.717, 1.165) is 6.33 Å². The maximum Gasteiger partial charge on any atom is 0.355 e. The number of hydrogen-bond donors (Lipinski definition) is 3. The predicted molar refractivity (Wildman–Crippen MR) is 137 cm³/mol. The van der Waals surface area contributed by atoms with Crippen molar-refractivity contribution in [1.29, 1.82) is 5.26 Å². The molecule has 0 bridgehead atoms. The van der Waals surface area contributed by atoms with Crippen molar-refractivity contribution in [3.8, 4) is 6.07 Å². The molecule has 0 fully saturated rings. The molecule has 0 aliphatic rings. The minimum absolute atomic E-state index is 0.00203. The van der Waals surface area contributed by atoms with Crippen LogP contribution >= 0.6 is 23.2 Å². The Morgan fingerprint density at radius 1 is 1.16 bits per heavy atom. The molecule has 1 unspecified atom stereocenters. The quantitative estimate of drug-likeness (QED) is 0.188. The average Bonchev–Trinajstić information content (AvgIpc) is 3.42. The molecule has 2 aromatic carbocycles. The Balaban J connectivity index is 1.62. The zero-order chi connectivity index (χ0) is 26.5.